The van der Waals surface area contributed by atoms with Crippen LogP contribution in [-0.2, 0) is 5.41 Å². The largest absolute Gasteiger partial charge is 0.446 e. The van der Waals surface area contributed by atoms with Gasteiger partial charge in [-0.3, -0.25) is 0 Å². The monoisotopic (exact) mass is 911 g/mol. The molecular formula is C57H35F6NS2. The number of hydrogen-bond donors (Lipinski definition) is 0. The second kappa shape index (κ2) is 16.2. The van der Waals surface area contributed by atoms with E-state index in [1.165, 1.54) is 12.1 Å². The van der Waals surface area contributed by atoms with Gasteiger partial charge in [-0.05, 0) is 162 Å². The van der Waals surface area contributed by atoms with Gasteiger partial charge in [-0.15, -0.1) is 0 Å². The van der Waals surface area contributed by atoms with E-state index in [0.29, 0.717) is 22.3 Å². The zero-order valence-electron chi connectivity index (χ0n) is 34.7. The SMILES string of the molecule is FC(F)(F)Sc1ccc2c(c1)C1(c3cc(SC(F)(F)F)ccc3-2)c2ccccc2-c2cccc(-c3cccc(N(c4ccc(-c5ccccc5)cc4)c4ccc(-c5ccccc5)cc4)c3)c21. The molecule has 2 aliphatic carbocycles. The lowest BCUT2D eigenvalue weighted by Gasteiger charge is -2.33. The molecule has 2 aliphatic rings. The Balaban J connectivity index is 1.12. The average Bonchev–Trinajstić information content (AvgIpc) is 3.78. The van der Waals surface area contributed by atoms with E-state index in [4.69, 9.17) is 0 Å². The Labute approximate surface area is 386 Å². The Morgan fingerprint density at radius 2 is 0.742 bits per heavy atom. The van der Waals surface area contributed by atoms with E-state index in [9.17, 15) is 26.3 Å². The van der Waals surface area contributed by atoms with Crippen LogP contribution in [0.1, 0.15) is 22.3 Å². The third kappa shape index (κ3) is 7.36. The van der Waals surface area contributed by atoms with Gasteiger partial charge in [0.1, 0.15) is 0 Å². The number of alkyl halides is 6. The van der Waals surface area contributed by atoms with Gasteiger partial charge in [0.2, 0.25) is 0 Å². The molecule has 9 aromatic carbocycles. The normalized spacial score (nSPS) is 13.2. The molecule has 0 unspecified atom stereocenters. The van der Waals surface area contributed by atoms with Crippen LogP contribution in [0.2, 0.25) is 0 Å². The molecule has 9 heteroatoms. The van der Waals surface area contributed by atoms with Crippen molar-refractivity contribution in [3.05, 3.63) is 235 Å². The van der Waals surface area contributed by atoms with E-state index < -0.39 is 16.4 Å². The molecule has 0 amide bonds. The fraction of sp³-hybridized carbons (Fsp3) is 0.0526. The standard InChI is InChI=1S/C57H35F6NS2/c58-56(59,60)65-44-29-31-48-49-32-30-45(66-57(61,62)63)35-53(49)55(52(48)34-44)51-20-8-7-17-47(51)50-19-10-18-46(54(50)55)40-15-9-16-43(33-40)64(41-25-21-38(22-26-41)36-11-3-1-4-12-36)42-27-23-39(24-28-42)37-13-5-2-6-14-37/h1-35H. The Hall–Kier alpha value is -6.94. The fourth-order valence-corrected chi connectivity index (χ4v) is 11.1. The van der Waals surface area contributed by atoms with Crippen molar-refractivity contribution in [1.82, 2.24) is 0 Å². The van der Waals surface area contributed by atoms with Gasteiger partial charge in [-0.25, -0.2) is 0 Å². The van der Waals surface area contributed by atoms with E-state index in [1.54, 1.807) is 24.3 Å². The molecule has 0 saturated carbocycles. The summed E-state index contributed by atoms with van der Waals surface area (Å²) >= 11 is -0.393. The molecule has 0 saturated heterocycles. The summed E-state index contributed by atoms with van der Waals surface area (Å²) in [4.78, 5) is 2.19. The summed E-state index contributed by atoms with van der Waals surface area (Å²) in [6.07, 6.45) is 0. The summed E-state index contributed by atoms with van der Waals surface area (Å²) in [5.74, 6) is 0. The minimum absolute atomic E-state index is 0.00376. The number of anilines is 3. The van der Waals surface area contributed by atoms with Gasteiger partial charge in [0.25, 0.3) is 0 Å². The molecule has 0 aliphatic heterocycles. The molecule has 322 valence electrons. The van der Waals surface area contributed by atoms with Crippen molar-refractivity contribution in [2.45, 2.75) is 26.2 Å². The molecule has 0 aromatic heterocycles. The van der Waals surface area contributed by atoms with Crippen molar-refractivity contribution in [3.8, 4) is 55.6 Å². The third-order valence-corrected chi connectivity index (χ3v) is 13.9. The summed E-state index contributed by atoms with van der Waals surface area (Å²) in [6, 6.07) is 68.6. The van der Waals surface area contributed by atoms with Crippen LogP contribution < -0.4 is 4.90 Å². The highest BCUT2D eigenvalue weighted by atomic mass is 32.2. The minimum Gasteiger partial charge on any atom is -0.310 e. The first-order chi connectivity index (χ1) is 31.9. The molecule has 0 atom stereocenters. The first kappa shape index (κ1) is 41.7. The van der Waals surface area contributed by atoms with E-state index in [1.807, 2.05) is 91.0 Å². The highest BCUT2D eigenvalue weighted by Gasteiger charge is 2.53. The minimum atomic E-state index is -4.56. The summed E-state index contributed by atoms with van der Waals surface area (Å²) in [5.41, 5.74) is 4.17. The van der Waals surface area contributed by atoms with Gasteiger partial charge < -0.3 is 4.90 Å². The predicted molar refractivity (Wildman–Crippen MR) is 258 cm³/mol. The highest BCUT2D eigenvalue weighted by molar-refractivity contribution is 8.00. The lowest BCUT2D eigenvalue weighted by atomic mass is 9.68. The number of benzene rings is 9. The zero-order chi connectivity index (χ0) is 45.2. The second-order valence-corrected chi connectivity index (χ2v) is 18.5. The number of nitrogens with zero attached hydrogens (tertiary/aromatic N) is 1. The van der Waals surface area contributed by atoms with E-state index in [0.717, 1.165) is 72.7 Å². The summed E-state index contributed by atoms with van der Waals surface area (Å²) < 4.78 is 84.6. The number of halogens is 6. The molecule has 1 spiro atoms. The van der Waals surface area contributed by atoms with Crippen LogP contribution in [0.25, 0.3) is 55.6 Å². The Morgan fingerprint density at radius 3 is 1.27 bits per heavy atom. The molecule has 0 radical (unpaired) electrons. The quantitative estimate of drug-likeness (QED) is 0.110. The average molecular weight is 912 g/mol. The maximum atomic E-state index is 14.1. The number of thioether (sulfide) groups is 2. The van der Waals surface area contributed by atoms with Crippen molar-refractivity contribution >= 4 is 40.6 Å². The van der Waals surface area contributed by atoms with Crippen LogP contribution in [0.3, 0.4) is 0 Å². The summed E-state index contributed by atoms with van der Waals surface area (Å²) in [6.45, 7) is 0. The molecule has 0 fully saturated rings. The molecule has 0 heterocycles. The Morgan fingerprint density at radius 1 is 0.318 bits per heavy atom. The van der Waals surface area contributed by atoms with Crippen molar-refractivity contribution in [1.29, 1.82) is 0 Å². The van der Waals surface area contributed by atoms with Gasteiger partial charge in [0.15, 0.2) is 0 Å². The van der Waals surface area contributed by atoms with Crippen molar-refractivity contribution < 1.29 is 26.3 Å². The first-order valence-corrected chi connectivity index (χ1v) is 22.8. The lowest BCUT2D eigenvalue weighted by Crippen LogP contribution is -2.27. The topological polar surface area (TPSA) is 3.24 Å². The van der Waals surface area contributed by atoms with Crippen molar-refractivity contribution in [2.24, 2.45) is 0 Å². The van der Waals surface area contributed by atoms with Crippen LogP contribution in [0.15, 0.2) is 222 Å². The zero-order valence-corrected chi connectivity index (χ0v) is 36.4. The maximum Gasteiger partial charge on any atom is 0.446 e. The smallest absolute Gasteiger partial charge is 0.310 e. The summed E-state index contributed by atoms with van der Waals surface area (Å²) in [7, 11) is 0. The van der Waals surface area contributed by atoms with Gasteiger partial charge in [-0.1, -0.05) is 152 Å². The van der Waals surface area contributed by atoms with Crippen LogP contribution >= 0.6 is 23.5 Å². The van der Waals surface area contributed by atoms with E-state index in [2.05, 4.69) is 89.8 Å². The molecule has 66 heavy (non-hydrogen) atoms. The summed E-state index contributed by atoms with van der Waals surface area (Å²) in [5, 5.41) is 0. The second-order valence-electron chi connectivity index (χ2n) is 16.2. The van der Waals surface area contributed by atoms with Gasteiger partial charge in [-0.2, -0.15) is 26.3 Å². The molecule has 0 N–H and O–H groups in total. The highest BCUT2D eigenvalue weighted by Crippen LogP contribution is 2.65. The Kier molecular flexibility index (Phi) is 10.2. The van der Waals surface area contributed by atoms with Crippen molar-refractivity contribution in [3.63, 3.8) is 0 Å². The predicted octanol–water partition coefficient (Wildman–Crippen LogP) is 17.7. The van der Waals surface area contributed by atoms with Crippen molar-refractivity contribution in [2.75, 3.05) is 4.90 Å². The van der Waals surface area contributed by atoms with Crippen LogP contribution in [-0.4, -0.2) is 11.0 Å². The van der Waals surface area contributed by atoms with Gasteiger partial charge >= 0.3 is 11.0 Å². The molecule has 1 nitrogen and oxygen atoms in total. The van der Waals surface area contributed by atoms with Crippen LogP contribution in [0.5, 0.6) is 0 Å². The fourth-order valence-electron chi connectivity index (χ4n) is 9.96. The number of hydrogen-bond acceptors (Lipinski definition) is 3. The molecule has 11 rings (SSSR count). The molecular weight excluding hydrogens is 877 g/mol. The van der Waals surface area contributed by atoms with E-state index in [-0.39, 0.29) is 33.3 Å². The molecule has 9 aromatic rings. The Bertz CT molecular complexity index is 3130. The molecule has 0 bridgehead atoms. The third-order valence-electron chi connectivity index (χ3n) is 12.5. The van der Waals surface area contributed by atoms with E-state index >= 15 is 0 Å². The first-order valence-electron chi connectivity index (χ1n) is 21.2. The van der Waals surface area contributed by atoms with Gasteiger partial charge in [0, 0.05) is 26.9 Å². The van der Waals surface area contributed by atoms with Gasteiger partial charge in [0.05, 0.1) is 5.41 Å². The van der Waals surface area contributed by atoms with Crippen LogP contribution in [0.4, 0.5) is 43.4 Å². The lowest BCUT2D eigenvalue weighted by molar-refractivity contribution is -0.0337. The number of fused-ring (bicyclic) bond motifs is 10. The maximum absolute atomic E-state index is 14.1. The number of rotatable bonds is 8. The van der Waals surface area contributed by atoms with Crippen LogP contribution in [0, 0.1) is 0 Å².